The van der Waals surface area contributed by atoms with Crippen LogP contribution in [0.15, 0.2) is 12.1 Å². The van der Waals surface area contributed by atoms with Crippen LogP contribution >= 0.6 is 11.6 Å². The van der Waals surface area contributed by atoms with Gasteiger partial charge in [-0.25, -0.2) is 4.98 Å². The Labute approximate surface area is 129 Å². The highest BCUT2D eigenvalue weighted by Gasteiger charge is 2.40. The van der Waals surface area contributed by atoms with E-state index in [1.54, 1.807) is 6.07 Å². The summed E-state index contributed by atoms with van der Waals surface area (Å²) in [4.78, 5) is 18.6. The summed E-state index contributed by atoms with van der Waals surface area (Å²) in [5.41, 5.74) is 1.44. The predicted molar refractivity (Wildman–Crippen MR) is 78.4 cm³/mol. The zero-order chi connectivity index (χ0) is 14.9. The molecule has 2 aliphatic heterocycles. The molecule has 0 N–H and O–H groups in total. The van der Waals surface area contributed by atoms with Crippen molar-refractivity contribution in [3.63, 3.8) is 0 Å². The molecule has 0 aromatic carbocycles. The number of hydrogen-bond donors (Lipinski definition) is 0. The van der Waals surface area contributed by atoms with Crippen LogP contribution in [-0.4, -0.2) is 47.9 Å². The molecule has 0 atom stereocenters. The third kappa shape index (κ3) is 3.05. The van der Waals surface area contributed by atoms with Crippen LogP contribution in [0, 0.1) is 0 Å². The third-order valence-corrected chi connectivity index (χ3v) is 4.28. The van der Waals surface area contributed by atoms with Gasteiger partial charge in [0.25, 0.3) is 5.91 Å². The fourth-order valence-corrected chi connectivity index (χ4v) is 3.10. The summed E-state index contributed by atoms with van der Waals surface area (Å²) in [7, 11) is 0. The largest absolute Gasteiger partial charge is 0.347 e. The first-order valence-electron chi connectivity index (χ1n) is 7.35. The van der Waals surface area contributed by atoms with Crippen LogP contribution in [0.5, 0.6) is 0 Å². The highest BCUT2D eigenvalue weighted by atomic mass is 35.5. The Morgan fingerprint density at radius 3 is 2.62 bits per heavy atom. The molecule has 21 heavy (non-hydrogen) atoms. The fourth-order valence-electron chi connectivity index (χ4n) is 2.87. The number of carbonyl (C=O) groups excluding carboxylic acids is 1. The number of likely N-dealkylation sites (tertiary alicyclic amines) is 1. The van der Waals surface area contributed by atoms with Crippen LogP contribution in [0.1, 0.15) is 35.8 Å². The van der Waals surface area contributed by atoms with Crippen molar-refractivity contribution in [2.75, 3.05) is 26.3 Å². The molecule has 0 unspecified atom stereocenters. The average Bonchev–Trinajstić information content (AvgIpc) is 2.95. The van der Waals surface area contributed by atoms with E-state index in [2.05, 4.69) is 4.98 Å². The van der Waals surface area contributed by atoms with Crippen LogP contribution in [0.2, 0.25) is 5.15 Å². The monoisotopic (exact) mass is 310 g/mol. The number of rotatable bonds is 2. The molecule has 114 valence electrons. The molecule has 0 radical (unpaired) electrons. The van der Waals surface area contributed by atoms with E-state index < -0.39 is 5.79 Å². The van der Waals surface area contributed by atoms with Crippen LogP contribution < -0.4 is 0 Å². The van der Waals surface area contributed by atoms with Crippen LogP contribution in [0.25, 0.3) is 0 Å². The minimum atomic E-state index is -0.457. The number of ether oxygens (including phenoxy) is 2. The molecular weight excluding hydrogens is 292 g/mol. The molecule has 2 fully saturated rings. The maximum atomic E-state index is 12.6. The third-order valence-electron chi connectivity index (χ3n) is 4.08. The lowest BCUT2D eigenvalue weighted by Crippen LogP contribution is -2.47. The van der Waals surface area contributed by atoms with Gasteiger partial charge in [-0.3, -0.25) is 4.79 Å². The number of carbonyl (C=O) groups is 1. The molecule has 1 spiro atoms. The van der Waals surface area contributed by atoms with Crippen molar-refractivity contribution in [1.82, 2.24) is 9.88 Å². The van der Waals surface area contributed by atoms with Gasteiger partial charge in [0.2, 0.25) is 0 Å². The lowest BCUT2D eigenvalue weighted by molar-refractivity contribution is -0.181. The second-order valence-corrected chi connectivity index (χ2v) is 5.81. The highest BCUT2D eigenvalue weighted by molar-refractivity contribution is 6.29. The van der Waals surface area contributed by atoms with Gasteiger partial charge in [0.15, 0.2) is 5.79 Å². The summed E-state index contributed by atoms with van der Waals surface area (Å²) >= 11 is 5.99. The first kappa shape index (κ1) is 14.8. The van der Waals surface area contributed by atoms with Gasteiger partial charge in [0.05, 0.1) is 13.2 Å². The quantitative estimate of drug-likeness (QED) is 0.786. The Hall–Kier alpha value is -1.17. The van der Waals surface area contributed by atoms with Crippen LogP contribution in [-0.2, 0) is 15.9 Å². The normalized spacial score (nSPS) is 21.0. The van der Waals surface area contributed by atoms with E-state index >= 15 is 0 Å². The fraction of sp³-hybridized carbons (Fsp3) is 0.600. The summed E-state index contributed by atoms with van der Waals surface area (Å²) in [5.74, 6) is -0.455. The number of halogens is 1. The summed E-state index contributed by atoms with van der Waals surface area (Å²) in [6.45, 7) is 4.56. The van der Waals surface area contributed by atoms with Crippen molar-refractivity contribution in [3.05, 3.63) is 28.5 Å². The minimum Gasteiger partial charge on any atom is -0.347 e. The lowest BCUT2D eigenvalue weighted by atomic mass is 10.0. The zero-order valence-corrected chi connectivity index (χ0v) is 12.9. The topological polar surface area (TPSA) is 51.7 Å². The van der Waals surface area contributed by atoms with Crippen molar-refractivity contribution >= 4 is 17.5 Å². The van der Waals surface area contributed by atoms with Gasteiger partial charge >= 0.3 is 0 Å². The highest BCUT2D eigenvalue weighted by Crippen LogP contribution is 2.31. The van der Waals surface area contributed by atoms with E-state index in [-0.39, 0.29) is 5.91 Å². The van der Waals surface area contributed by atoms with Gasteiger partial charge in [-0.15, -0.1) is 0 Å². The minimum absolute atomic E-state index is 0.00171. The van der Waals surface area contributed by atoms with Gasteiger partial charge in [0, 0.05) is 37.2 Å². The van der Waals surface area contributed by atoms with Crippen LogP contribution in [0.3, 0.4) is 0 Å². The summed E-state index contributed by atoms with van der Waals surface area (Å²) in [6.07, 6.45) is 2.20. The van der Waals surface area contributed by atoms with E-state index in [1.165, 1.54) is 0 Å². The van der Waals surface area contributed by atoms with E-state index in [9.17, 15) is 4.79 Å². The van der Waals surface area contributed by atoms with Gasteiger partial charge in [0.1, 0.15) is 5.15 Å². The molecular formula is C15H19ClN2O3. The molecule has 5 nitrogen and oxygen atoms in total. The second kappa shape index (κ2) is 5.91. The smallest absolute Gasteiger partial charge is 0.254 e. The molecule has 2 aliphatic rings. The SMILES string of the molecule is CCc1cc(C(=O)N2CCC3(CC2)OCCO3)cc(Cl)n1. The maximum Gasteiger partial charge on any atom is 0.254 e. The maximum absolute atomic E-state index is 12.6. The Morgan fingerprint density at radius 1 is 1.33 bits per heavy atom. The Morgan fingerprint density at radius 2 is 2.00 bits per heavy atom. The van der Waals surface area contributed by atoms with Crippen LogP contribution in [0.4, 0.5) is 0 Å². The standard InChI is InChI=1S/C15H19ClN2O3/c1-2-12-9-11(10-13(16)17-12)14(19)18-5-3-15(4-6-18)20-7-8-21-15/h9-10H,2-8H2,1H3. The molecule has 2 saturated heterocycles. The molecule has 0 bridgehead atoms. The summed E-state index contributed by atoms with van der Waals surface area (Å²) in [6, 6.07) is 3.46. The number of amides is 1. The molecule has 6 heteroatoms. The first-order chi connectivity index (χ1) is 10.1. The van der Waals surface area contributed by atoms with Gasteiger partial charge in [-0.05, 0) is 18.6 Å². The van der Waals surface area contributed by atoms with Crippen molar-refractivity contribution < 1.29 is 14.3 Å². The predicted octanol–water partition coefficient (Wildman–Crippen LogP) is 2.28. The molecule has 1 aromatic rings. The van der Waals surface area contributed by atoms with Crippen molar-refractivity contribution in [1.29, 1.82) is 0 Å². The molecule has 1 aromatic heterocycles. The van der Waals surface area contributed by atoms with Gasteiger partial charge < -0.3 is 14.4 Å². The van der Waals surface area contributed by atoms with Crippen molar-refractivity contribution in [2.45, 2.75) is 32.0 Å². The molecule has 0 aliphatic carbocycles. The van der Waals surface area contributed by atoms with Crippen molar-refractivity contribution in [3.8, 4) is 0 Å². The summed E-state index contributed by atoms with van der Waals surface area (Å²) < 4.78 is 11.4. The molecule has 3 rings (SSSR count). The average molecular weight is 311 g/mol. The number of aromatic nitrogens is 1. The Balaban J connectivity index is 1.70. The number of piperidine rings is 1. The van der Waals surface area contributed by atoms with Gasteiger partial charge in [-0.1, -0.05) is 18.5 Å². The Bertz CT molecular complexity index is 534. The number of pyridine rings is 1. The lowest BCUT2D eigenvalue weighted by Gasteiger charge is -2.37. The molecule has 1 amide bonds. The van der Waals surface area contributed by atoms with E-state index in [0.717, 1.165) is 25.0 Å². The zero-order valence-electron chi connectivity index (χ0n) is 12.1. The van der Waals surface area contributed by atoms with E-state index in [4.69, 9.17) is 21.1 Å². The number of nitrogens with zero attached hydrogens (tertiary/aromatic N) is 2. The second-order valence-electron chi connectivity index (χ2n) is 5.42. The summed E-state index contributed by atoms with van der Waals surface area (Å²) in [5, 5.41) is 0.369. The molecule has 3 heterocycles. The number of hydrogen-bond acceptors (Lipinski definition) is 4. The first-order valence-corrected chi connectivity index (χ1v) is 7.73. The number of aryl methyl sites for hydroxylation is 1. The molecule has 0 saturated carbocycles. The van der Waals surface area contributed by atoms with Gasteiger partial charge in [-0.2, -0.15) is 0 Å². The Kier molecular flexibility index (Phi) is 4.15. The van der Waals surface area contributed by atoms with Crippen molar-refractivity contribution in [2.24, 2.45) is 0 Å². The van der Waals surface area contributed by atoms with E-state index in [0.29, 0.717) is 37.0 Å². The van der Waals surface area contributed by atoms with E-state index in [1.807, 2.05) is 17.9 Å².